The number of hydrogen-bond acceptors (Lipinski definition) is 4. The maximum Gasteiger partial charge on any atom is 0.242 e. The first-order chi connectivity index (χ1) is 8.64. The van der Waals surface area contributed by atoms with Gasteiger partial charge >= 0.3 is 0 Å². The van der Waals surface area contributed by atoms with Crippen molar-refractivity contribution in [2.45, 2.75) is 50.5 Å². The van der Waals surface area contributed by atoms with Gasteiger partial charge in [0.15, 0.2) is 0 Å². The molecule has 98 valence electrons. The highest BCUT2D eigenvalue weighted by Gasteiger charge is 2.37. The molecule has 0 radical (unpaired) electrons. The van der Waals surface area contributed by atoms with Crippen LogP contribution in [-0.4, -0.2) is 29.4 Å². The third-order valence-electron chi connectivity index (χ3n) is 3.45. The van der Waals surface area contributed by atoms with E-state index in [2.05, 4.69) is 0 Å². The fourth-order valence-electron chi connectivity index (χ4n) is 2.40. The molecule has 0 aliphatic heterocycles. The number of carbonyl (C=O) groups is 1. The molecule has 0 aromatic carbocycles. The maximum atomic E-state index is 12.4. The van der Waals surface area contributed by atoms with Crippen LogP contribution in [0.3, 0.4) is 0 Å². The molecule has 0 bridgehead atoms. The molecule has 1 aliphatic carbocycles. The average Bonchev–Trinajstić information content (AvgIpc) is 2.39. The van der Waals surface area contributed by atoms with Gasteiger partial charge in [-0.05, 0) is 12.8 Å². The minimum absolute atomic E-state index is 0.0901. The minimum atomic E-state index is -0.775. The van der Waals surface area contributed by atoms with E-state index >= 15 is 0 Å². The Labute approximate surface area is 108 Å². The Bertz CT molecular complexity index is 342. The van der Waals surface area contributed by atoms with Crippen LogP contribution >= 0.6 is 0 Å². The van der Waals surface area contributed by atoms with Crippen molar-refractivity contribution in [1.29, 1.82) is 10.5 Å². The average molecular weight is 248 g/mol. The van der Waals surface area contributed by atoms with E-state index in [1.54, 1.807) is 4.90 Å². The highest BCUT2D eigenvalue weighted by Crippen LogP contribution is 2.27. The standard InChI is InChI=1S/C13H20N4O/c14-8-4-10-17(11-5-9-15)12(18)13(16)6-2-1-3-7-13/h1-7,10-11,16H2. The van der Waals surface area contributed by atoms with E-state index in [9.17, 15) is 4.79 Å². The monoisotopic (exact) mass is 248 g/mol. The van der Waals surface area contributed by atoms with Crippen LogP contribution in [0.4, 0.5) is 0 Å². The van der Waals surface area contributed by atoms with Crippen LogP contribution in [-0.2, 0) is 4.79 Å². The second kappa shape index (κ2) is 6.98. The van der Waals surface area contributed by atoms with Crippen molar-refractivity contribution in [2.75, 3.05) is 13.1 Å². The summed E-state index contributed by atoms with van der Waals surface area (Å²) in [6.45, 7) is 0.742. The lowest BCUT2D eigenvalue weighted by Gasteiger charge is -2.36. The highest BCUT2D eigenvalue weighted by molar-refractivity contribution is 5.86. The molecule has 1 aliphatic rings. The Morgan fingerprint density at radius 3 is 2.06 bits per heavy atom. The molecule has 1 fully saturated rings. The van der Waals surface area contributed by atoms with Crippen molar-refractivity contribution in [3.05, 3.63) is 0 Å². The molecule has 0 aromatic heterocycles. The SMILES string of the molecule is N#CCCN(CCC#N)C(=O)C1(N)CCCCC1. The Kier molecular flexibility index (Phi) is 5.61. The van der Waals surface area contributed by atoms with Gasteiger partial charge in [0.2, 0.25) is 5.91 Å². The third-order valence-corrected chi connectivity index (χ3v) is 3.45. The summed E-state index contributed by atoms with van der Waals surface area (Å²) in [4.78, 5) is 14.0. The summed E-state index contributed by atoms with van der Waals surface area (Å²) < 4.78 is 0. The van der Waals surface area contributed by atoms with E-state index in [0.29, 0.717) is 25.9 Å². The molecule has 1 rings (SSSR count). The summed E-state index contributed by atoms with van der Waals surface area (Å²) in [6.07, 6.45) is 5.07. The largest absolute Gasteiger partial charge is 0.339 e. The van der Waals surface area contributed by atoms with Crippen LogP contribution in [0.5, 0.6) is 0 Å². The summed E-state index contributed by atoms with van der Waals surface area (Å²) in [6, 6.07) is 4.05. The van der Waals surface area contributed by atoms with Gasteiger partial charge in [-0.25, -0.2) is 0 Å². The molecule has 2 N–H and O–H groups in total. The quantitative estimate of drug-likeness (QED) is 0.793. The van der Waals surface area contributed by atoms with Crippen molar-refractivity contribution in [2.24, 2.45) is 5.73 Å². The number of nitrogens with zero attached hydrogens (tertiary/aromatic N) is 3. The summed E-state index contributed by atoms with van der Waals surface area (Å²) in [5, 5.41) is 17.2. The predicted molar refractivity (Wildman–Crippen MR) is 67.0 cm³/mol. The van der Waals surface area contributed by atoms with Crippen LogP contribution in [0.2, 0.25) is 0 Å². The fourth-order valence-corrected chi connectivity index (χ4v) is 2.40. The van der Waals surface area contributed by atoms with Gasteiger partial charge in [0.1, 0.15) is 0 Å². The minimum Gasteiger partial charge on any atom is -0.339 e. The van der Waals surface area contributed by atoms with E-state index < -0.39 is 5.54 Å². The number of nitrogens with two attached hydrogens (primary N) is 1. The summed E-state index contributed by atoms with van der Waals surface area (Å²) in [5.41, 5.74) is 5.42. The normalized spacial score (nSPS) is 17.5. The highest BCUT2D eigenvalue weighted by atomic mass is 16.2. The van der Waals surface area contributed by atoms with E-state index in [-0.39, 0.29) is 18.7 Å². The zero-order chi connectivity index (χ0) is 13.4. The molecule has 1 amide bonds. The third kappa shape index (κ3) is 3.72. The zero-order valence-electron chi connectivity index (χ0n) is 10.7. The van der Waals surface area contributed by atoms with Crippen molar-refractivity contribution in [3.8, 4) is 12.1 Å². The van der Waals surface area contributed by atoms with E-state index in [1.165, 1.54) is 0 Å². The Morgan fingerprint density at radius 1 is 1.11 bits per heavy atom. The number of nitriles is 2. The van der Waals surface area contributed by atoms with Crippen molar-refractivity contribution >= 4 is 5.91 Å². The Hall–Kier alpha value is -1.59. The first kappa shape index (κ1) is 14.5. The Morgan fingerprint density at radius 2 is 1.61 bits per heavy atom. The second-order valence-electron chi connectivity index (χ2n) is 4.83. The van der Waals surface area contributed by atoms with Crippen molar-refractivity contribution in [1.82, 2.24) is 4.90 Å². The van der Waals surface area contributed by atoms with Gasteiger partial charge in [-0.3, -0.25) is 4.79 Å². The van der Waals surface area contributed by atoms with Crippen LogP contribution in [0.1, 0.15) is 44.9 Å². The van der Waals surface area contributed by atoms with Gasteiger partial charge in [-0.2, -0.15) is 10.5 Å². The number of amides is 1. The molecular formula is C13H20N4O. The predicted octanol–water partition coefficient (Wildman–Crippen LogP) is 1.30. The van der Waals surface area contributed by atoms with Gasteiger partial charge in [0.25, 0.3) is 0 Å². The molecule has 5 heteroatoms. The maximum absolute atomic E-state index is 12.4. The van der Waals surface area contributed by atoms with Gasteiger partial charge in [0.05, 0.1) is 30.5 Å². The molecule has 18 heavy (non-hydrogen) atoms. The van der Waals surface area contributed by atoms with Crippen LogP contribution in [0.25, 0.3) is 0 Å². The topological polar surface area (TPSA) is 93.9 Å². The lowest BCUT2D eigenvalue weighted by atomic mass is 9.81. The van der Waals surface area contributed by atoms with Crippen LogP contribution < -0.4 is 5.73 Å². The van der Waals surface area contributed by atoms with Gasteiger partial charge in [-0.1, -0.05) is 19.3 Å². The first-order valence-electron chi connectivity index (χ1n) is 6.46. The summed E-state index contributed by atoms with van der Waals surface area (Å²) in [5.74, 6) is -0.0901. The van der Waals surface area contributed by atoms with Gasteiger partial charge < -0.3 is 10.6 Å². The smallest absolute Gasteiger partial charge is 0.242 e. The number of hydrogen-bond donors (Lipinski definition) is 1. The zero-order valence-corrected chi connectivity index (χ0v) is 10.7. The molecule has 0 atom stereocenters. The van der Waals surface area contributed by atoms with E-state index in [0.717, 1.165) is 19.3 Å². The molecular weight excluding hydrogens is 228 g/mol. The summed E-state index contributed by atoms with van der Waals surface area (Å²) >= 11 is 0. The second-order valence-corrected chi connectivity index (χ2v) is 4.83. The first-order valence-corrected chi connectivity index (χ1v) is 6.46. The van der Waals surface area contributed by atoms with Gasteiger partial charge in [0, 0.05) is 13.1 Å². The van der Waals surface area contributed by atoms with Crippen molar-refractivity contribution in [3.63, 3.8) is 0 Å². The van der Waals surface area contributed by atoms with Crippen molar-refractivity contribution < 1.29 is 4.79 Å². The fraction of sp³-hybridized carbons (Fsp3) is 0.769. The van der Waals surface area contributed by atoms with Gasteiger partial charge in [-0.15, -0.1) is 0 Å². The summed E-state index contributed by atoms with van der Waals surface area (Å²) in [7, 11) is 0. The molecule has 0 unspecified atom stereocenters. The number of carbonyl (C=O) groups excluding carboxylic acids is 1. The molecule has 0 aromatic rings. The Balaban J connectivity index is 2.67. The molecule has 1 saturated carbocycles. The van der Waals surface area contributed by atoms with Crippen LogP contribution in [0.15, 0.2) is 0 Å². The molecule has 0 saturated heterocycles. The van der Waals surface area contributed by atoms with E-state index in [4.69, 9.17) is 16.3 Å². The van der Waals surface area contributed by atoms with Crippen LogP contribution in [0, 0.1) is 22.7 Å². The molecule has 0 heterocycles. The molecule has 5 nitrogen and oxygen atoms in total. The lowest BCUT2D eigenvalue weighted by Crippen LogP contribution is -2.56. The lowest BCUT2D eigenvalue weighted by molar-refractivity contribution is -0.138. The van der Waals surface area contributed by atoms with E-state index in [1.807, 2.05) is 12.1 Å². The molecule has 0 spiro atoms. The number of rotatable bonds is 5.